The predicted octanol–water partition coefficient (Wildman–Crippen LogP) is 4.17. The minimum absolute atomic E-state index is 0.164. The largest absolute Gasteiger partial charge is 0.489 e. The molecule has 1 spiro atoms. The zero-order valence-electron chi connectivity index (χ0n) is 12.4. The molecule has 3 rings (SSSR count). The molecule has 0 radical (unpaired) electrons. The molecule has 2 aliphatic rings. The predicted molar refractivity (Wildman–Crippen MR) is 87.5 cm³/mol. The molecule has 4 heteroatoms. The van der Waals surface area contributed by atoms with Crippen LogP contribution in [0.3, 0.4) is 0 Å². The summed E-state index contributed by atoms with van der Waals surface area (Å²) in [6, 6.07) is 5.99. The quantitative estimate of drug-likeness (QED) is 0.883. The summed E-state index contributed by atoms with van der Waals surface area (Å²) in [4.78, 5) is 0. The van der Waals surface area contributed by atoms with E-state index in [4.69, 9.17) is 15.2 Å². The van der Waals surface area contributed by atoms with Crippen molar-refractivity contribution < 1.29 is 9.47 Å². The maximum Gasteiger partial charge on any atom is 0.138 e. The van der Waals surface area contributed by atoms with Crippen LogP contribution in [0.1, 0.15) is 50.5 Å². The van der Waals surface area contributed by atoms with Crippen LogP contribution < -0.4 is 10.5 Å². The van der Waals surface area contributed by atoms with Gasteiger partial charge in [-0.05, 0) is 47.7 Å². The molecular formula is C17H24BrNO2. The molecule has 2 fully saturated rings. The average Bonchev–Trinajstić information content (AvgIpc) is 2.89. The van der Waals surface area contributed by atoms with Crippen molar-refractivity contribution in [1.82, 2.24) is 0 Å². The third kappa shape index (κ3) is 3.43. The fourth-order valence-corrected chi connectivity index (χ4v) is 4.15. The van der Waals surface area contributed by atoms with Gasteiger partial charge in [0, 0.05) is 12.1 Å². The molecule has 1 saturated heterocycles. The molecule has 116 valence electrons. The van der Waals surface area contributed by atoms with E-state index in [2.05, 4.69) is 15.9 Å². The van der Waals surface area contributed by atoms with Gasteiger partial charge in [-0.1, -0.05) is 31.4 Å². The van der Waals surface area contributed by atoms with E-state index >= 15 is 0 Å². The minimum atomic E-state index is 0.164. The van der Waals surface area contributed by atoms with Crippen molar-refractivity contribution in [2.45, 2.75) is 63.2 Å². The van der Waals surface area contributed by atoms with E-state index in [1.165, 1.54) is 38.5 Å². The molecule has 1 aromatic rings. The van der Waals surface area contributed by atoms with E-state index < -0.39 is 0 Å². The zero-order chi connectivity index (χ0) is 14.7. The fraction of sp³-hybridized carbons (Fsp3) is 0.647. The van der Waals surface area contributed by atoms with Crippen LogP contribution in [-0.2, 0) is 11.3 Å². The Morgan fingerprint density at radius 3 is 2.81 bits per heavy atom. The van der Waals surface area contributed by atoms with Crippen LogP contribution in [0, 0.1) is 0 Å². The molecule has 1 aliphatic carbocycles. The highest BCUT2D eigenvalue weighted by Gasteiger charge is 2.40. The van der Waals surface area contributed by atoms with E-state index in [0.29, 0.717) is 13.2 Å². The molecule has 1 saturated carbocycles. The minimum Gasteiger partial charge on any atom is -0.489 e. The van der Waals surface area contributed by atoms with Crippen LogP contribution in [0.25, 0.3) is 0 Å². The summed E-state index contributed by atoms with van der Waals surface area (Å²) >= 11 is 3.55. The highest BCUT2D eigenvalue weighted by Crippen LogP contribution is 2.42. The molecule has 0 aromatic heterocycles. The molecule has 1 atom stereocenters. The average molecular weight is 354 g/mol. The first-order valence-corrected chi connectivity index (χ1v) is 8.80. The van der Waals surface area contributed by atoms with Gasteiger partial charge in [0.1, 0.15) is 12.4 Å². The number of ether oxygens (including phenoxy) is 2. The topological polar surface area (TPSA) is 44.5 Å². The number of benzene rings is 1. The molecule has 0 amide bonds. The van der Waals surface area contributed by atoms with Gasteiger partial charge in [-0.25, -0.2) is 0 Å². The zero-order valence-corrected chi connectivity index (χ0v) is 14.0. The van der Waals surface area contributed by atoms with Crippen LogP contribution in [0.15, 0.2) is 22.7 Å². The van der Waals surface area contributed by atoms with Gasteiger partial charge in [0.05, 0.1) is 16.2 Å². The Balaban J connectivity index is 1.59. The second kappa shape index (κ2) is 6.67. The number of nitrogens with two attached hydrogens (primary N) is 1. The van der Waals surface area contributed by atoms with Crippen LogP contribution >= 0.6 is 15.9 Å². The number of rotatable bonds is 4. The summed E-state index contributed by atoms with van der Waals surface area (Å²) in [6.07, 6.45) is 8.98. The smallest absolute Gasteiger partial charge is 0.138 e. The van der Waals surface area contributed by atoms with Crippen LogP contribution in [0.4, 0.5) is 0 Å². The van der Waals surface area contributed by atoms with Gasteiger partial charge < -0.3 is 15.2 Å². The second-order valence-corrected chi connectivity index (χ2v) is 7.12. The Kier molecular flexibility index (Phi) is 4.87. The summed E-state index contributed by atoms with van der Waals surface area (Å²) < 4.78 is 13.3. The van der Waals surface area contributed by atoms with Gasteiger partial charge in [-0.15, -0.1) is 0 Å². The second-order valence-electron chi connectivity index (χ2n) is 6.27. The Hall–Kier alpha value is -0.580. The summed E-state index contributed by atoms with van der Waals surface area (Å²) in [5.74, 6) is 0.869. The molecule has 1 aliphatic heterocycles. The lowest BCUT2D eigenvalue weighted by atomic mass is 9.83. The fourth-order valence-electron chi connectivity index (χ4n) is 3.63. The SMILES string of the molecule is NCc1cccc(Br)c1OCC1CCC2(CCCCC2)O1. The number of hydrogen-bond acceptors (Lipinski definition) is 3. The van der Waals surface area contributed by atoms with Crippen molar-refractivity contribution in [3.05, 3.63) is 28.2 Å². The highest BCUT2D eigenvalue weighted by atomic mass is 79.9. The van der Waals surface area contributed by atoms with Crippen molar-refractivity contribution in [2.24, 2.45) is 5.73 Å². The lowest BCUT2D eigenvalue weighted by molar-refractivity contribution is -0.0749. The van der Waals surface area contributed by atoms with Crippen molar-refractivity contribution in [3.63, 3.8) is 0 Å². The summed E-state index contributed by atoms with van der Waals surface area (Å²) in [5, 5.41) is 0. The normalized spacial score (nSPS) is 24.4. The maximum absolute atomic E-state index is 6.35. The van der Waals surface area contributed by atoms with Crippen LogP contribution in [0.2, 0.25) is 0 Å². The summed E-state index contributed by atoms with van der Waals surface area (Å²) in [7, 11) is 0. The Bertz CT molecular complexity index is 486. The van der Waals surface area contributed by atoms with Crippen molar-refractivity contribution in [1.29, 1.82) is 0 Å². The molecular weight excluding hydrogens is 330 g/mol. The Morgan fingerprint density at radius 1 is 1.24 bits per heavy atom. The van der Waals surface area contributed by atoms with Crippen LogP contribution in [0.5, 0.6) is 5.75 Å². The highest BCUT2D eigenvalue weighted by molar-refractivity contribution is 9.10. The Morgan fingerprint density at radius 2 is 2.05 bits per heavy atom. The third-order valence-corrected chi connectivity index (χ3v) is 5.41. The van der Waals surface area contributed by atoms with Crippen molar-refractivity contribution in [3.8, 4) is 5.75 Å². The Labute approximate surface area is 135 Å². The van der Waals surface area contributed by atoms with Crippen molar-refractivity contribution >= 4 is 15.9 Å². The first-order valence-electron chi connectivity index (χ1n) is 8.00. The number of halogens is 1. The molecule has 0 bridgehead atoms. The third-order valence-electron chi connectivity index (χ3n) is 4.79. The molecule has 1 unspecified atom stereocenters. The molecule has 21 heavy (non-hydrogen) atoms. The van der Waals surface area contributed by atoms with E-state index in [0.717, 1.165) is 22.2 Å². The molecule has 2 N–H and O–H groups in total. The maximum atomic E-state index is 6.35. The molecule has 3 nitrogen and oxygen atoms in total. The standard InChI is InChI=1S/C17H24BrNO2/c18-15-6-4-5-13(11-19)16(15)20-12-14-7-10-17(21-14)8-2-1-3-9-17/h4-6,14H,1-3,7-12,19H2. The monoisotopic (exact) mass is 353 g/mol. The van der Waals surface area contributed by atoms with Crippen LogP contribution in [-0.4, -0.2) is 18.3 Å². The van der Waals surface area contributed by atoms with Gasteiger partial charge in [0.15, 0.2) is 0 Å². The van der Waals surface area contributed by atoms with E-state index in [9.17, 15) is 0 Å². The lowest BCUT2D eigenvalue weighted by Crippen LogP contribution is -2.33. The van der Waals surface area contributed by atoms with Gasteiger partial charge in [-0.3, -0.25) is 0 Å². The van der Waals surface area contributed by atoms with E-state index in [1.807, 2.05) is 18.2 Å². The first kappa shape index (κ1) is 15.3. The van der Waals surface area contributed by atoms with Gasteiger partial charge in [0.2, 0.25) is 0 Å². The van der Waals surface area contributed by atoms with E-state index in [-0.39, 0.29) is 11.7 Å². The molecule has 1 aromatic carbocycles. The lowest BCUT2D eigenvalue weighted by Gasteiger charge is -2.33. The van der Waals surface area contributed by atoms with E-state index in [1.54, 1.807) is 0 Å². The summed E-state index contributed by atoms with van der Waals surface area (Å²) in [6.45, 7) is 1.11. The number of hydrogen-bond donors (Lipinski definition) is 1. The van der Waals surface area contributed by atoms with Gasteiger partial charge >= 0.3 is 0 Å². The summed E-state index contributed by atoms with van der Waals surface area (Å²) in [5.41, 5.74) is 6.98. The van der Waals surface area contributed by atoms with Gasteiger partial charge in [0.25, 0.3) is 0 Å². The van der Waals surface area contributed by atoms with Crippen molar-refractivity contribution in [2.75, 3.05) is 6.61 Å². The van der Waals surface area contributed by atoms with Gasteiger partial charge in [-0.2, -0.15) is 0 Å². The first-order chi connectivity index (χ1) is 10.2. The number of para-hydroxylation sites is 1. The molecule has 1 heterocycles.